The van der Waals surface area contributed by atoms with Crippen LogP contribution < -0.4 is 5.32 Å². The van der Waals surface area contributed by atoms with Gasteiger partial charge in [-0.2, -0.15) is 0 Å². The SMILES string of the molecule is CCCNc1nc(C(C)C)nc(SC(C)C(C)C)c1C. The van der Waals surface area contributed by atoms with Gasteiger partial charge in [-0.25, -0.2) is 9.97 Å². The molecule has 1 aromatic rings. The highest BCUT2D eigenvalue weighted by Crippen LogP contribution is 2.32. The maximum atomic E-state index is 4.77. The number of nitrogens with one attached hydrogen (secondary N) is 1. The van der Waals surface area contributed by atoms with E-state index in [0.717, 1.165) is 29.6 Å². The van der Waals surface area contributed by atoms with Gasteiger partial charge in [-0.1, -0.05) is 41.5 Å². The van der Waals surface area contributed by atoms with E-state index in [1.165, 1.54) is 5.56 Å². The fourth-order valence-electron chi connectivity index (χ4n) is 1.61. The number of thioether (sulfide) groups is 1. The fraction of sp³-hybridized carbons (Fsp3) is 0.750. The minimum absolute atomic E-state index is 0.353. The standard InChI is InChI=1S/C16H29N3S/c1-8-9-17-15-12(6)16(20-13(7)10(2)3)19-14(18-15)11(4)5/h10-11,13H,8-9H2,1-7H3,(H,17,18,19). The van der Waals surface area contributed by atoms with Gasteiger partial charge in [0.05, 0.1) is 0 Å². The number of nitrogens with zero attached hydrogens (tertiary/aromatic N) is 2. The minimum Gasteiger partial charge on any atom is -0.370 e. The number of hydrogen-bond acceptors (Lipinski definition) is 4. The summed E-state index contributed by atoms with van der Waals surface area (Å²) in [6, 6.07) is 0. The lowest BCUT2D eigenvalue weighted by Gasteiger charge is -2.19. The van der Waals surface area contributed by atoms with E-state index in [9.17, 15) is 0 Å². The van der Waals surface area contributed by atoms with Crippen molar-refractivity contribution in [2.24, 2.45) is 5.92 Å². The predicted molar refractivity (Wildman–Crippen MR) is 89.8 cm³/mol. The molecule has 0 saturated carbocycles. The van der Waals surface area contributed by atoms with Crippen molar-refractivity contribution in [3.63, 3.8) is 0 Å². The molecule has 0 fully saturated rings. The zero-order valence-corrected chi connectivity index (χ0v) is 14.8. The van der Waals surface area contributed by atoms with E-state index in [-0.39, 0.29) is 0 Å². The highest BCUT2D eigenvalue weighted by atomic mass is 32.2. The van der Waals surface area contributed by atoms with Crippen LogP contribution in [-0.4, -0.2) is 21.8 Å². The molecule has 1 heterocycles. The van der Waals surface area contributed by atoms with Crippen LogP contribution in [0.5, 0.6) is 0 Å². The molecule has 0 bridgehead atoms. The van der Waals surface area contributed by atoms with E-state index in [1.807, 2.05) is 11.8 Å². The molecular formula is C16H29N3S. The Bertz CT molecular complexity index is 430. The lowest BCUT2D eigenvalue weighted by molar-refractivity contribution is 0.640. The van der Waals surface area contributed by atoms with Gasteiger partial charge in [0, 0.05) is 23.3 Å². The molecule has 0 spiro atoms. The van der Waals surface area contributed by atoms with Crippen LogP contribution >= 0.6 is 11.8 Å². The Hall–Kier alpha value is -0.770. The molecular weight excluding hydrogens is 266 g/mol. The summed E-state index contributed by atoms with van der Waals surface area (Å²) >= 11 is 1.87. The van der Waals surface area contributed by atoms with Gasteiger partial charge in [0.1, 0.15) is 16.7 Å². The van der Waals surface area contributed by atoms with Crippen LogP contribution in [0.15, 0.2) is 5.03 Å². The third-order valence-electron chi connectivity index (χ3n) is 3.41. The van der Waals surface area contributed by atoms with Crippen LogP contribution in [0.25, 0.3) is 0 Å². The number of anilines is 1. The van der Waals surface area contributed by atoms with E-state index in [1.54, 1.807) is 0 Å². The molecule has 0 amide bonds. The fourth-order valence-corrected chi connectivity index (χ4v) is 2.66. The molecule has 0 aliphatic heterocycles. The topological polar surface area (TPSA) is 37.8 Å². The van der Waals surface area contributed by atoms with Crippen molar-refractivity contribution < 1.29 is 0 Å². The molecule has 0 aliphatic carbocycles. The van der Waals surface area contributed by atoms with Crippen molar-refractivity contribution >= 4 is 17.6 Å². The van der Waals surface area contributed by atoms with Crippen molar-refractivity contribution in [2.45, 2.75) is 71.1 Å². The van der Waals surface area contributed by atoms with Gasteiger partial charge in [-0.05, 0) is 19.3 Å². The first-order chi connectivity index (χ1) is 9.36. The molecule has 1 atom stereocenters. The Morgan fingerprint density at radius 2 is 1.75 bits per heavy atom. The molecule has 4 heteroatoms. The first-order valence-corrected chi connectivity index (χ1v) is 8.53. The summed E-state index contributed by atoms with van der Waals surface area (Å²) in [5.74, 6) is 2.94. The van der Waals surface area contributed by atoms with E-state index in [4.69, 9.17) is 4.98 Å². The molecule has 0 radical (unpaired) electrons. The van der Waals surface area contributed by atoms with E-state index in [0.29, 0.717) is 17.1 Å². The third kappa shape index (κ3) is 4.65. The molecule has 1 aromatic heterocycles. The van der Waals surface area contributed by atoms with Gasteiger partial charge in [-0.3, -0.25) is 0 Å². The Morgan fingerprint density at radius 3 is 2.25 bits per heavy atom. The molecule has 114 valence electrons. The Morgan fingerprint density at radius 1 is 1.10 bits per heavy atom. The summed E-state index contributed by atoms with van der Waals surface area (Å²) in [6.07, 6.45) is 1.10. The number of aromatic nitrogens is 2. The summed E-state index contributed by atoms with van der Waals surface area (Å²) in [6.45, 7) is 16.3. The van der Waals surface area contributed by atoms with Gasteiger partial charge in [0.25, 0.3) is 0 Å². The predicted octanol–water partition coefficient (Wildman–Crippen LogP) is 4.87. The van der Waals surface area contributed by atoms with Crippen molar-refractivity contribution in [1.82, 2.24) is 9.97 Å². The van der Waals surface area contributed by atoms with Gasteiger partial charge < -0.3 is 5.32 Å². The van der Waals surface area contributed by atoms with Crippen LogP contribution in [0, 0.1) is 12.8 Å². The quantitative estimate of drug-likeness (QED) is 0.575. The average molecular weight is 295 g/mol. The summed E-state index contributed by atoms with van der Waals surface area (Å²) in [7, 11) is 0. The summed E-state index contributed by atoms with van der Waals surface area (Å²) in [5, 5.41) is 5.12. The largest absolute Gasteiger partial charge is 0.370 e. The Balaban J connectivity index is 3.10. The lowest BCUT2D eigenvalue weighted by Crippen LogP contribution is -2.12. The highest BCUT2D eigenvalue weighted by Gasteiger charge is 2.17. The molecule has 3 nitrogen and oxygen atoms in total. The second-order valence-electron chi connectivity index (χ2n) is 6.01. The second-order valence-corrected chi connectivity index (χ2v) is 7.37. The molecule has 0 aromatic carbocycles. The average Bonchev–Trinajstić information content (AvgIpc) is 2.39. The second kappa shape index (κ2) is 7.87. The van der Waals surface area contributed by atoms with Crippen LogP contribution in [0.1, 0.15) is 65.3 Å². The van der Waals surface area contributed by atoms with E-state index >= 15 is 0 Å². The van der Waals surface area contributed by atoms with Gasteiger partial charge in [-0.15, -0.1) is 11.8 Å². The van der Waals surface area contributed by atoms with Gasteiger partial charge in [0.2, 0.25) is 0 Å². The van der Waals surface area contributed by atoms with Crippen LogP contribution in [0.4, 0.5) is 5.82 Å². The Labute approximate surface area is 128 Å². The highest BCUT2D eigenvalue weighted by molar-refractivity contribution is 7.99. The smallest absolute Gasteiger partial charge is 0.134 e. The zero-order chi connectivity index (χ0) is 15.3. The van der Waals surface area contributed by atoms with Crippen molar-refractivity contribution in [1.29, 1.82) is 0 Å². The van der Waals surface area contributed by atoms with E-state index in [2.05, 4.69) is 58.8 Å². The molecule has 1 unspecified atom stereocenters. The van der Waals surface area contributed by atoms with Crippen LogP contribution in [-0.2, 0) is 0 Å². The van der Waals surface area contributed by atoms with Gasteiger partial charge in [0.15, 0.2) is 0 Å². The number of rotatable bonds is 7. The number of hydrogen-bond donors (Lipinski definition) is 1. The van der Waals surface area contributed by atoms with Crippen molar-refractivity contribution in [3.05, 3.63) is 11.4 Å². The summed E-state index contributed by atoms with van der Waals surface area (Å²) in [5.41, 5.74) is 1.18. The molecule has 1 rings (SSSR count). The lowest BCUT2D eigenvalue weighted by atomic mass is 10.2. The summed E-state index contributed by atoms with van der Waals surface area (Å²) < 4.78 is 0. The zero-order valence-electron chi connectivity index (χ0n) is 13.9. The molecule has 20 heavy (non-hydrogen) atoms. The monoisotopic (exact) mass is 295 g/mol. The normalized spacial score (nSPS) is 13.1. The van der Waals surface area contributed by atoms with Gasteiger partial charge >= 0.3 is 0 Å². The van der Waals surface area contributed by atoms with E-state index < -0.39 is 0 Å². The summed E-state index contributed by atoms with van der Waals surface area (Å²) in [4.78, 5) is 9.46. The maximum absolute atomic E-state index is 4.77. The maximum Gasteiger partial charge on any atom is 0.134 e. The minimum atomic E-state index is 0.353. The van der Waals surface area contributed by atoms with Crippen LogP contribution in [0.3, 0.4) is 0 Å². The first kappa shape index (κ1) is 17.3. The van der Waals surface area contributed by atoms with Crippen LogP contribution in [0.2, 0.25) is 0 Å². The first-order valence-electron chi connectivity index (χ1n) is 7.65. The van der Waals surface area contributed by atoms with Crippen molar-refractivity contribution in [3.8, 4) is 0 Å². The molecule has 0 saturated heterocycles. The Kier molecular flexibility index (Phi) is 6.80. The molecule has 1 N–H and O–H groups in total. The molecule has 0 aliphatic rings. The third-order valence-corrected chi connectivity index (χ3v) is 4.95. The van der Waals surface area contributed by atoms with Crippen molar-refractivity contribution in [2.75, 3.05) is 11.9 Å².